The zero-order chi connectivity index (χ0) is 32.3. The van der Waals surface area contributed by atoms with Crippen molar-refractivity contribution in [3.8, 4) is 22.3 Å². The summed E-state index contributed by atoms with van der Waals surface area (Å²) in [6.07, 6.45) is 0.620. The molecular weight excluding hydrogens is 639 g/mol. The SMILES string of the molecule is O=C(O)c1cccc(-c2ccccc2-c2ccc(C[C@H](NC(=O)[C@@H]3CCCN3S(=O)(=O)c3cc(Cl)cc(Cl)c3)C(=O)O)cc2)c1. The van der Waals surface area contributed by atoms with Gasteiger partial charge in [-0.05, 0) is 71.0 Å². The van der Waals surface area contributed by atoms with E-state index < -0.39 is 40.0 Å². The van der Waals surface area contributed by atoms with Gasteiger partial charge in [-0.15, -0.1) is 0 Å². The number of hydrogen-bond donors (Lipinski definition) is 3. The summed E-state index contributed by atoms with van der Waals surface area (Å²) in [4.78, 5) is 36.8. The van der Waals surface area contributed by atoms with Crippen molar-refractivity contribution in [1.82, 2.24) is 9.62 Å². The molecule has 0 saturated carbocycles. The zero-order valence-electron chi connectivity index (χ0n) is 23.7. The van der Waals surface area contributed by atoms with Crippen LogP contribution in [0.25, 0.3) is 22.3 Å². The number of carbonyl (C=O) groups excluding carboxylic acids is 1. The van der Waals surface area contributed by atoms with Gasteiger partial charge in [0.05, 0.1) is 10.5 Å². The van der Waals surface area contributed by atoms with Crippen molar-refractivity contribution in [3.63, 3.8) is 0 Å². The molecule has 0 unspecified atom stereocenters. The Morgan fingerprint density at radius 2 is 1.49 bits per heavy atom. The van der Waals surface area contributed by atoms with Gasteiger partial charge in [0.2, 0.25) is 15.9 Å². The second-order valence-electron chi connectivity index (χ2n) is 10.6. The predicted molar refractivity (Wildman–Crippen MR) is 171 cm³/mol. The van der Waals surface area contributed by atoms with Gasteiger partial charge < -0.3 is 15.5 Å². The Bertz CT molecular complexity index is 1860. The maximum Gasteiger partial charge on any atom is 0.335 e. The monoisotopic (exact) mass is 666 g/mol. The molecule has 5 rings (SSSR count). The summed E-state index contributed by atoms with van der Waals surface area (Å²) in [7, 11) is -4.13. The molecule has 45 heavy (non-hydrogen) atoms. The first-order chi connectivity index (χ1) is 21.4. The van der Waals surface area contributed by atoms with Crippen LogP contribution in [0.4, 0.5) is 0 Å². The summed E-state index contributed by atoms with van der Waals surface area (Å²) in [6.45, 7) is 0.0891. The van der Waals surface area contributed by atoms with Crippen molar-refractivity contribution < 1.29 is 33.0 Å². The number of nitrogens with zero attached hydrogens (tertiary/aromatic N) is 1. The number of halogens is 2. The average molecular weight is 668 g/mol. The van der Waals surface area contributed by atoms with E-state index in [9.17, 15) is 33.0 Å². The third-order valence-corrected chi connectivity index (χ3v) is 9.94. The van der Waals surface area contributed by atoms with Crippen LogP contribution in [0, 0.1) is 0 Å². The molecule has 1 saturated heterocycles. The van der Waals surface area contributed by atoms with Gasteiger partial charge in [0.1, 0.15) is 12.1 Å². The number of carboxylic acids is 2. The number of aromatic carboxylic acids is 1. The number of amides is 1. The van der Waals surface area contributed by atoms with Gasteiger partial charge in [-0.1, -0.05) is 83.9 Å². The highest BCUT2D eigenvalue weighted by molar-refractivity contribution is 7.89. The lowest BCUT2D eigenvalue weighted by Gasteiger charge is -2.25. The summed E-state index contributed by atoms with van der Waals surface area (Å²) in [5, 5.41) is 22.1. The molecule has 1 heterocycles. The van der Waals surface area contributed by atoms with Crippen LogP contribution >= 0.6 is 23.2 Å². The Labute approximate surface area is 270 Å². The van der Waals surface area contributed by atoms with Crippen molar-refractivity contribution >= 4 is 51.1 Å². The van der Waals surface area contributed by atoms with Crippen molar-refractivity contribution in [2.75, 3.05) is 6.54 Å². The van der Waals surface area contributed by atoms with Gasteiger partial charge in [0.15, 0.2) is 0 Å². The molecule has 0 radical (unpaired) electrons. The fraction of sp³-hybridized carbons (Fsp3) is 0.182. The average Bonchev–Trinajstić information content (AvgIpc) is 3.52. The largest absolute Gasteiger partial charge is 0.480 e. The fourth-order valence-electron chi connectivity index (χ4n) is 5.43. The van der Waals surface area contributed by atoms with E-state index in [4.69, 9.17) is 23.2 Å². The standard InChI is InChI=1S/C33H28Cl2N2O7S/c34-24-17-25(35)19-26(18-24)45(43,44)37-14-4-9-30(37)31(38)36-29(33(41)42)15-20-10-12-21(13-11-20)27-7-1-2-8-28(27)22-5-3-6-23(16-22)32(39)40/h1-3,5-8,10-13,16-19,29-30H,4,9,14-15H2,(H,36,38)(H,39,40)(H,41,42)/t29-,30-/m0/s1. The first-order valence-electron chi connectivity index (χ1n) is 14.0. The van der Waals surface area contributed by atoms with E-state index in [0.29, 0.717) is 12.0 Å². The maximum atomic E-state index is 13.4. The van der Waals surface area contributed by atoms with Crippen molar-refractivity contribution in [1.29, 1.82) is 0 Å². The van der Waals surface area contributed by atoms with E-state index >= 15 is 0 Å². The van der Waals surface area contributed by atoms with Gasteiger partial charge in [-0.2, -0.15) is 4.31 Å². The van der Waals surface area contributed by atoms with Crippen LogP contribution < -0.4 is 5.32 Å². The molecule has 9 nitrogen and oxygen atoms in total. The van der Waals surface area contributed by atoms with Crippen molar-refractivity contribution in [3.05, 3.63) is 112 Å². The van der Waals surface area contributed by atoms with E-state index in [0.717, 1.165) is 26.6 Å². The molecule has 0 spiro atoms. The summed E-state index contributed by atoms with van der Waals surface area (Å²) in [5.74, 6) is -2.98. The first kappa shape index (κ1) is 32.2. The highest BCUT2D eigenvalue weighted by Crippen LogP contribution is 2.33. The fourth-order valence-corrected chi connectivity index (χ4v) is 7.82. The van der Waals surface area contributed by atoms with Crippen molar-refractivity contribution in [2.45, 2.75) is 36.2 Å². The topological polar surface area (TPSA) is 141 Å². The highest BCUT2D eigenvalue weighted by Gasteiger charge is 2.40. The number of aliphatic carboxylic acids is 1. The van der Waals surface area contributed by atoms with E-state index in [1.54, 1.807) is 24.3 Å². The number of rotatable bonds is 10. The lowest BCUT2D eigenvalue weighted by atomic mass is 9.93. The van der Waals surface area contributed by atoms with Gasteiger partial charge in [0.25, 0.3) is 0 Å². The van der Waals surface area contributed by atoms with Crippen LogP contribution in [0.15, 0.2) is 95.9 Å². The molecule has 1 amide bonds. The molecule has 0 bridgehead atoms. The molecule has 0 aromatic heterocycles. The lowest BCUT2D eigenvalue weighted by Crippen LogP contribution is -2.51. The predicted octanol–water partition coefficient (Wildman–Crippen LogP) is 5.99. The van der Waals surface area contributed by atoms with Gasteiger partial charge >= 0.3 is 11.9 Å². The Hall–Kier alpha value is -4.22. The quantitative estimate of drug-likeness (QED) is 0.189. The van der Waals surface area contributed by atoms with E-state index in [2.05, 4.69) is 5.32 Å². The molecule has 1 aliphatic rings. The van der Waals surface area contributed by atoms with Gasteiger partial charge in [-0.3, -0.25) is 4.79 Å². The minimum atomic E-state index is -4.13. The summed E-state index contributed by atoms with van der Waals surface area (Å²) >= 11 is 12.0. The Morgan fingerprint density at radius 1 is 0.844 bits per heavy atom. The number of hydrogen-bond acceptors (Lipinski definition) is 5. The first-order valence-corrected chi connectivity index (χ1v) is 16.2. The van der Waals surface area contributed by atoms with E-state index in [1.165, 1.54) is 24.3 Å². The Morgan fingerprint density at radius 3 is 2.11 bits per heavy atom. The van der Waals surface area contributed by atoms with Crippen LogP contribution in [0.1, 0.15) is 28.8 Å². The minimum absolute atomic E-state index is 0.0347. The minimum Gasteiger partial charge on any atom is -0.480 e. The molecule has 1 aliphatic heterocycles. The highest BCUT2D eigenvalue weighted by atomic mass is 35.5. The second kappa shape index (κ2) is 13.4. The second-order valence-corrected chi connectivity index (χ2v) is 13.4. The van der Waals surface area contributed by atoms with Crippen LogP contribution in [-0.2, 0) is 26.0 Å². The maximum absolute atomic E-state index is 13.4. The molecule has 4 aromatic rings. The summed E-state index contributed by atoms with van der Waals surface area (Å²) in [6, 6.07) is 22.9. The normalized spacial score (nSPS) is 15.8. The zero-order valence-corrected chi connectivity index (χ0v) is 26.0. The molecule has 1 fully saturated rings. The van der Waals surface area contributed by atoms with Crippen LogP contribution in [0.5, 0.6) is 0 Å². The van der Waals surface area contributed by atoms with Gasteiger partial charge in [0, 0.05) is 23.0 Å². The van der Waals surface area contributed by atoms with Gasteiger partial charge in [-0.25, -0.2) is 18.0 Å². The van der Waals surface area contributed by atoms with Crippen LogP contribution in [-0.4, -0.2) is 59.4 Å². The number of nitrogens with one attached hydrogen (secondary N) is 1. The van der Waals surface area contributed by atoms with Crippen LogP contribution in [0.2, 0.25) is 10.0 Å². The molecule has 4 aromatic carbocycles. The van der Waals surface area contributed by atoms with Crippen LogP contribution in [0.3, 0.4) is 0 Å². The lowest BCUT2D eigenvalue weighted by molar-refractivity contribution is -0.142. The smallest absolute Gasteiger partial charge is 0.335 e. The molecule has 0 aliphatic carbocycles. The molecular formula is C33H28Cl2N2O7S. The third-order valence-electron chi connectivity index (χ3n) is 7.62. The van der Waals surface area contributed by atoms with Crippen molar-refractivity contribution in [2.24, 2.45) is 0 Å². The van der Waals surface area contributed by atoms with E-state index in [-0.39, 0.29) is 39.9 Å². The summed E-state index contributed by atoms with van der Waals surface area (Å²) < 4.78 is 27.8. The third kappa shape index (κ3) is 7.20. The molecule has 232 valence electrons. The van der Waals surface area contributed by atoms with E-state index in [1.807, 2.05) is 42.5 Å². The molecule has 12 heteroatoms. The summed E-state index contributed by atoms with van der Waals surface area (Å²) in [5.41, 5.74) is 4.08. The number of carboxylic acid groups (broad SMARTS) is 2. The number of benzene rings is 4. The Kier molecular flexibility index (Phi) is 9.59. The number of carbonyl (C=O) groups is 3. The Balaban J connectivity index is 1.32. The number of sulfonamides is 1. The molecule has 3 N–H and O–H groups in total. The molecule has 2 atom stereocenters.